The number of carboxylic acid groups (broad SMARTS) is 1. The van der Waals surface area contributed by atoms with Crippen LogP contribution in [0.3, 0.4) is 0 Å². The maximum atomic E-state index is 12.4. The van der Waals surface area contributed by atoms with Crippen molar-refractivity contribution in [1.29, 1.82) is 0 Å². The van der Waals surface area contributed by atoms with Crippen molar-refractivity contribution in [2.24, 2.45) is 5.41 Å². The molecule has 0 aliphatic rings. The molecule has 0 spiro atoms. The van der Waals surface area contributed by atoms with E-state index < -0.39 is 45.6 Å². The Hall–Kier alpha value is -2.70. The number of aliphatic carboxylic acids is 1. The zero-order chi connectivity index (χ0) is 25.8. The molecule has 0 aliphatic heterocycles. The van der Waals surface area contributed by atoms with Gasteiger partial charge < -0.3 is 25.0 Å². The lowest BCUT2D eigenvalue weighted by molar-refractivity contribution is -0.158. The van der Waals surface area contributed by atoms with Crippen LogP contribution >= 0.6 is 0 Å². The van der Waals surface area contributed by atoms with E-state index in [0.29, 0.717) is 18.6 Å². The quantitative estimate of drug-likeness (QED) is 0.140. The summed E-state index contributed by atoms with van der Waals surface area (Å²) in [6.07, 6.45) is -3.08. The molecule has 1 amide bonds. The van der Waals surface area contributed by atoms with Gasteiger partial charge >= 0.3 is 12.1 Å². The van der Waals surface area contributed by atoms with Crippen molar-refractivity contribution in [2.45, 2.75) is 58.7 Å². The molecule has 11 nitrogen and oxygen atoms in total. The first kappa shape index (κ1) is 29.3. The van der Waals surface area contributed by atoms with E-state index >= 15 is 0 Å². The summed E-state index contributed by atoms with van der Waals surface area (Å²) in [6.45, 7) is 4.24. The molecular formula is C22H33NO10S. The van der Waals surface area contributed by atoms with Crippen molar-refractivity contribution in [3.8, 4) is 5.75 Å². The highest BCUT2D eigenvalue weighted by atomic mass is 32.2. The Bertz CT molecular complexity index is 902. The second kappa shape index (κ2) is 13.9. The number of amides is 1. The summed E-state index contributed by atoms with van der Waals surface area (Å²) in [4.78, 5) is 33.9. The average Bonchev–Trinajstić information content (AvgIpc) is 2.75. The van der Waals surface area contributed by atoms with Crippen molar-refractivity contribution in [3.05, 3.63) is 30.3 Å². The normalized spacial score (nSPS) is 13.5. The number of carboxylic acids is 1. The summed E-state index contributed by atoms with van der Waals surface area (Å²) in [5, 5.41) is 21.8. The SMILES string of the molecule is CC(=O)NCCCS(=O)(=O)OC(CCCCOC(=O)Oc1ccccc1)C(C)(C)[C@@H](O)C(=O)O. The van der Waals surface area contributed by atoms with E-state index in [4.69, 9.17) is 13.7 Å². The molecule has 0 aliphatic carbocycles. The fourth-order valence-electron chi connectivity index (χ4n) is 2.98. The van der Waals surface area contributed by atoms with E-state index in [-0.39, 0.29) is 31.9 Å². The number of carbonyl (C=O) groups excluding carboxylic acids is 2. The van der Waals surface area contributed by atoms with Crippen LogP contribution in [-0.2, 0) is 28.6 Å². The molecule has 34 heavy (non-hydrogen) atoms. The van der Waals surface area contributed by atoms with Crippen LogP contribution < -0.4 is 10.1 Å². The summed E-state index contributed by atoms with van der Waals surface area (Å²) in [7, 11) is -4.07. The third-order valence-electron chi connectivity index (χ3n) is 5.00. The zero-order valence-corrected chi connectivity index (χ0v) is 20.4. The molecular weight excluding hydrogens is 470 g/mol. The number of ether oxygens (including phenoxy) is 2. The van der Waals surface area contributed by atoms with Crippen molar-refractivity contribution < 1.29 is 46.7 Å². The second-order valence-corrected chi connectivity index (χ2v) is 9.97. The molecule has 3 N–H and O–H groups in total. The van der Waals surface area contributed by atoms with Gasteiger partial charge in [0.25, 0.3) is 10.1 Å². The van der Waals surface area contributed by atoms with Crippen molar-refractivity contribution in [3.63, 3.8) is 0 Å². The van der Waals surface area contributed by atoms with Crippen molar-refractivity contribution in [1.82, 2.24) is 5.32 Å². The van der Waals surface area contributed by atoms with Gasteiger partial charge in [-0.05, 0) is 37.8 Å². The Morgan fingerprint density at radius 3 is 2.32 bits per heavy atom. The van der Waals surface area contributed by atoms with Gasteiger partial charge in [0.2, 0.25) is 5.91 Å². The van der Waals surface area contributed by atoms with Crippen LogP contribution in [0.2, 0.25) is 0 Å². The number of unbranched alkanes of at least 4 members (excludes halogenated alkanes) is 1. The smallest absolute Gasteiger partial charge is 0.479 e. The molecule has 12 heteroatoms. The molecule has 0 radical (unpaired) electrons. The molecule has 0 fully saturated rings. The number of rotatable bonds is 15. The van der Waals surface area contributed by atoms with Gasteiger partial charge in [-0.3, -0.25) is 8.98 Å². The topological polar surface area (TPSA) is 166 Å². The van der Waals surface area contributed by atoms with E-state index in [9.17, 15) is 33.0 Å². The second-order valence-electron chi connectivity index (χ2n) is 8.25. The largest absolute Gasteiger partial charge is 0.513 e. The van der Waals surface area contributed by atoms with Gasteiger partial charge in [0.15, 0.2) is 6.10 Å². The standard InChI is InChI=1S/C22H33NO10S/c1-16(24)23-13-9-15-34(29,30)33-18(22(2,3)19(25)20(26)27)12-7-8-14-31-21(28)32-17-10-5-4-6-11-17/h4-6,10-11,18-19,25H,7-9,12-15H2,1-3H3,(H,23,24)(H,26,27)/t18?,19-/m0/s1. The van der Waals surface area contributed by atoms with E-state index in [0.717, 1.165) is 0 Å². The predicted molar refractivity (Wildman–Crippen MR) is 122 cm³/mol. The van der Waals surface area contributed by atoms with E-state index in [1.54, 1.807) is 30.3 Å². The molecule has 2 atom stereocenters. The summed E-state index contributed by atoms with van der Waals surface area (Å²) in [5.41, 5.74) is -1.44. The first-order valence-corrected chi connectivity index (χ1v) is 12.4. The number of hydrogen-bond donors (Lipinski definition) is 3. The van der Waals surface area contributed by atoms with Crippen LogP contribution in [0.4, 0.5) is 4.79 Å². The van der Waals surface area contributed by atoms with Crippen LogP contribution in [-0.4, -0.2) is 67.8 Å². The first-order chi connectivity index (χ1) is 15.8. The van der Waals surface area contributed by atoms with Crippen LogP contribution in [0.25, 0.3) is 0 Å². The Morgan fingerprint density at radius 2 is 1.74 bits per heavy atom. The van der Waals surface area contributed by atoms with Gasteiger partial charge in [-0.1, -0.05) is 32.0 Å². The number of hydrogen-bond acceptors (Lipinski definition) is 9. The molecule has 1 aromatic carbocycles. The first-order valence-electron chi connectivity index (χ1n) is 10.8. The highest BCUT2D eigenvalue weighted by Crippen LogP contribution is 2.33. The van der Waals surface area contributed by atoms with Gasteiger partial charge in [0.05, 0.1) is 18.5 Å². The summed E-state index contributed by atoms with van der Waals surface area (Å²) < 4.78 is 40.1. The number of aliphatic hydroxyl groups excluding tert-OH is 1. The zero-order valence-electron chi connectivity index (χ0n) is 19.6. The molecule has 0 saturated carbocycles. The Kier molecular flexibility index (Phi) is 12.0. The molecule has 1 aromatic rings. The third-order valence-corrected chi connectivity index (χ3v) is 6.32. The molecule has 0 bridgehead atoms. The van der Waals surface area contributed by atoms with Gasteiger partial charge in [0, 0.05) is 18.9 Å². The van der Waals surface area contributed by atoms with Gasteiger partial charge in [0.1, 0.15) is 5.75 Å². The monoisotopic (exact) mass is 503 g/mol. The number of aliphatic hydroxyl groups is 1. The molecule has 0 saturated heterocycles. The van der Waals surface area contributed by atoms with E-state index in [2.05, 4.69) is 5.32 Å². The molecule has 0 heterocycles. The van der Waals surface area contributed by atoms with Crippen LogP contribution in [0.5, 0.6) is 5.75 Å². The number of para-hydroxylation sites is 1. The Morgan fingerprint density at radius 1 is 1.09 bits per heavy atom. The van der Waals surface area contributed by atoms with Crippen molar-refractivity contribution >= 4 is 28.1 Å². The molecule has 1 unspecified atom stereocenters. The number of benzene rings is 1. The van der Waals surface area contributed by atoms with E-state index in [1.807, 2.05) is 0 Å². The van der Waals surface area contributed by atoms with Gasteiger partial charge in [-0.25, -0.2) is 9.59 Å². The highest BCUT2D eigenvalue weighted by Gasteiger charge is 2.43. The van der Waals surface area contributed by atoms with Crippen molar-refractivity contribution in [2.75, 3.05) is 18.9 Å². The van der Waals surface area contributed by atoms with Gasteiger partial charge in [-0.15, -0.1) is 0 Å². The molecule has 0 aromatic heterocycles. The Balaban J connectivity index is 2.64. The fourth-order valence-corrected chi connectivity index (χ4v) is 4.27. The number of carbonyl (C=O) groups is 3. The lowest BCUT2D eigenvalue weighted by Crippen LogP contribution is -2.47. The maximum Gasteiger partial charge on any atom is 0.513 e. The summed E-state index contributed by atoms with van der Waals surface area (Å²) in [6, 6.07) is 8.35. The Labute approximate surface area is 199 Å². The van der Waals surface area contributed by atoms with Crippen LogP contribution in [0.1, 0.15) is 46.5 Å². The fraction of sp³-hybridized carbons (Fsp3) is 0.591. The minimum absolute atomic E-state index is 0.0102. The lowest BCUT2D eigenvalue weighted by atomic mass is 9.78. The van der Waals surface area contributed by atoms with Crippen LogP contribution in [0, 0.1) is 5.41 Å². The highest BCUT2D eigenvalue weighted by molar-refractivity contribution is 7.86. The van der Waals surface area contributed by atoms with E-state index in [1.165, 1.54) is 20.8 Å². The predicted octanol–water partition coefficient (Wildman–Crippen LogP) is 2.09. The minimum atomic E-state index is -4.07. The lowest BCUT2D eigenvalue weighted by Gasteiger charge is -2.35. The van der Waals surface area contributed by atoms with Crippen LogP contribution in [0.15, 0.2) is 30.3 Å². The molecule has 192 valence electrons. The minimum Gasteiger partial charge on any atom is -0.479 e. The maximum absolute atomic E-state index is 12.4. The number of nitrogens with one attached hydrogen (secondary N) is 1. The third kappa shape index (κ3) is 10.9. The van der Waals surface area contributed by atoms with Gasteiger partial charge in [-0.2, -0.15) is 8.42 Å². The molecule has 1 rings (SSSR count). The summed E-state index contributed by atoms with van der Waals surface area (Å²) >= 11 is 0. The average molecular weight is 504 g/mol. The summed E-state index contributed by atoms with van der Waals surface area (Å²) in [5.74, 6) is -1.86.